The van der Waals surface area contributed by atoms with E-state index in [0.29, 0.717) is 28.7 Å². The molecule has 0 aromatic heterocycles. The first-order chi connectivity index (χ1) is 13.6. The number of benzene rings is 2. The van der Waals surface area contributed by atoms with Gasteiger partial charge in [0.15, 0.2) is 11.5 Å². The fourth-order valence-corrected chi connectivity index (χ4v) is 3.84. The maximum Gasteiger partial charge on any atom is 0.180 e. The predicted molar refractivity (Wildman–Crippen MR) is 115 cm³/mol. The molecule has 0 amide bonds. The second-order valence-corrected chi connectivity index (χ2v) is 7.42. The zero-order valence-electron chi connectivity index (χ0n) is 15.9. The number of thiocarbonyl (C=S) groups is 1. The lowest BCUT2D eigenvalue weighted by Crippen LogP contribution is -2.34. The van der Waals surface area contributed by atoms with Crippen LogP contribution in [0.5, 0.6) is 11.5 Å². The van der Waals surface area contributed by atoms with E-state index in [9.17, 15) is 5.26 Å². The predicted octanol–water partition coefficient (Wildman–Crippen LogP) is 5.35. The third-order valence-corrected chi connectivity index (χ3v) is 5.48. The summed E-state index contributed by atoms with van der Waals surface area (Å²) in [6.07, 6.45) is 3.57. The number of nitrogens with zero attached hydrogens (tertiary/aromatic N) is 2. The number of hydrogen-bond acceptors (Lipinski definition) is 4. The summed E-state index contributed by atoms with van der Waals surface area (Å²) in [5, 5.41) is 9.71. The largest absolute Gasteiger partial charge is 0.490 e. The first-order valence-corrected chi connectivity index (χ1v) is 10.3. The summed E-state index contributed by atoms with van der Waals surface area (Å²) in [5.41, 5.74) is 2.26. The average Bonchev–Trinajstić information content (AvgIpc) is 2.73. The van der Waals surface area contributed by atoms with Gasteiger partial charge in [0.2, 0.25) is 0 Å². The van der Waals surface area contributed by atoms with Gasteiger partial charge in [-0.05, 0) is 44.4 Å². The van der Waals surface area contributed by atoms with Crippen molar-refractivity contribution in [3.05, 3.63) is 58.1 Å². The molecule has 2 aromatic rings. The number of piperidine rings is 1. The van der Waals surface area contributed by atoms with E-state index in [1.165, 1.54) is 6.42 Å². The molecule has 0 bridgehead atoms. The van der Waals surface area contributed by atoms with Gasteiger partial charge < -0.3 is 14.4 Å². The lowest BCUT2D eigenvalue weighted by Gasteiger charge is -2.29. The summed E-state index contributed by atoms with van der Waals surface area (Å²) < 4.78 is 11.8. The van der Waals surface area contributed by atoms with Gasteiger partial charge >= 0.3 is 0 Å². The minimum absolute atomic E-state index is 0.236. The van der Waals surface area contributed by atoms with Gasteiger partial charge in [-0.15, -0.1) is 0 Å². The molecule has 3 rings (SSSR count). The van der Waals surface area contributed by atoms with Crippen molar-refractivity contribution in [3.63, 3.8) is 0 Å². The highest BCUT2D eigenvalue weighted by molar-refractivity contribution is 7.80. The topological polar surface area (TPSA) is 45.5 Å². The van der Waals surface area contributed by atoms with E-state index in [0.717, 1.165) is 42.0 Å². The Hall–Kier alpha value is -2.29. The number of likely N-dealkylation sites (tertiary alicyclic amines) is 1. The van der Waals surface area contributed by atoms with Crippen molar-refractivity contribution in [3.8, 4) is 17.6 Å². The van der Waals surface area contributed by atoms with Gasteiger partial charge in [-0.2, -0.15) is 5.26 Å². The number of ether oxygens (including phenoxy) is 2. The molecule has 0 unspecified atom stereocenters. The number of halogens is 1. The van der Waals surface area contributed by atoms with Crippen molar-refractivity contribution in [2.24, 2.45) is 0 Å². The van der Waals surface area contributed by atoms with Crippen LogP contribution in [0.3, 0.4) is 0 Å². The Bertz CT molecular complexity index is 889. The monoisotopic (exact) mass is 414 g/mol. The SMILES string of the molecule is CCOc1cc(C(=S)N2CCCCC2)cc(Cl)c1OCc1ccccc1C#N. The van der Waals surface area contributed by atoms with Crippen LogP contribution < -0.4 is 9.47 Å². The van der Waals surface area contributed by atoms with E-state index < -0.39 is 0 Å². The molecule has 4 nitrogen and oxygen atoms in total. The van der Waals surface area contributed by atoms with E-state index in [-0.39, 0.29) is 6.61 Å². The number of hydrogen-bond donors (Lipinski definition) is 0. The Balaban J connectivity index is 1.84. The first-order valence-electron chi connectivity index (χ1n) is 9.50. The van der Waals surface area contributed by atoms with Gasteiger partial charge in [0, 0.05) is 24.2 Å². The van der Waals surface area contributed by atoms with Crippen LogP contribution in [-0.2, 0) is 6.61 Å². The molecule has 6 heteroatoms. The van der Waals surface area contributed by atoms with Crippen molar-refractivity contribution in [1.82, 2.24) is 4.90 Å². The minimum atomic E-state index is 0.236. The fourth-order valence-electron chi connectivity index (χ4n) is 3.28. The van der Waals surface area contributed by atoms with Crippen molar-refractivity contribution >= 4 is 28.8 Å². The number of rotatable bonds is 6. The zero-order chi connectivity index (χ0) is 19.9. The van der Waals surface area contributed by atoms with Crippen LogP contribution in [-0.4, -0.2) is 29.6 Å². The first kappa shape index (κ1) is 20.4. The molecule has 146 valence electrons. The minimum Gasteiger partial charge on any atom is -0.490 e. The van der Waals surface area contributed by atoms with Crippen molar-refractivity contribution in [2.75, 3.05) is 19.7 Å². The summed E-state index contributed by atoms with van der Waals surface area (Å²) in [7, 11) is 0. The second kappa shape index (κ2) is 9.77. The summed E-state index contributed by atoms with van der Waals surface area (Å²) in [6.45, 7) is 4.59. The van der Waals surface area contributed by atoms with Crippen LogP contribution in [0, 0.1) is 11.3 Å². The molecule has 1 fully saturated rings. The maximum atomic E-state index is 9.26. The van der Waals surface area contributed by atoms with E-state index in [1.807, 2.05) is 37.3 Å². The van der Waals surface area contributed by atoms with Crippen LogP contribution >= 0.6 is 23.8 Å². The zero-order valence-corrected chi connectivity index (χ0v) is 17.5. The van der Waals surface area contributed by atoms with Crippen LogP contribution in [0.15, 0.2) is 36.4 Å². The van der Waals surface area contributed by atoms with E-state index in [1.54, 1.807) is 6.07 Å². The van der Waals surface area contributed by atoms with Gasteiger partial charge in [0.05, 0.1) is 23.3 Å². The van der Waals surface area contributed by atoms with Crippen molar-refractivity contribution in [1.29, 1.82) is 5.26 Å². The number of nitriles is 1. The van der Waals surface area contributed by atoms with Crippen LogP contribution in [0.4, 0.5) is 0 Å². The molecule has 0 aliphatic carbocycles. The molecule has 0 spiro atoms. The standard InChI is InChI=1S/C22H23ClN2O2S/c1-2-26-20-13-18(22(28)25-10-6-3-7-11-25)12-19(23)21(20)27-15-17-9-5-4-8-16(17)14-24/h4-5,8-9,12-13H,2-3,6-7,10-11,15H2,1H3. The van der Waals surface area contributed by atoms with E-state index in [2.05, 4.69) is 11.0 Å². The van der Waals surface area contributed by atoms with Crippen molar-refractivity contribution < 1.29 is 9.47 Å². The summed E-state index contributed by atoms with van der Waals surface area (Å²) in [6, 6.07) is 13.3. The van der Waals surface area contributed by atoms with Gasteiger partial charge in [-0.3, -0.25) is 0 Å². The summed E-state index contributed by atoms with van der Waals surface area (Å²) in [5.74, 6) is 1.04. The highest BCUT2D eigenvalue weighted by Gasteiger charge is 2.19. The normalized spacial score (nSPS) is 13.7. The van der Waals surface area contributed by atoms with Gasteiger partial charge in [-0.25, -0.2) is 0 Å². The average molecular weight is 415 g/mol. The molecule has 0 N–H and O–H groups in total. The van der Waals surface area contributed by atoms with E-state index in [4.69, 9.17) is 33.3 Å². The van der Waals surface area contributed by atoms with Crippen LogP contribution in [0.2, 0.25) is 5.02 Å². The summed E-state index contributed by atoms with van der Waals surface area (Å²) in [4.78, 5) is 3.02. The van der Waals surface area contributed by atoms with Gasteiger partial charge in [0.1, 0.15) is 11.6 Å². The van der Waals surface area contributed by atoms with Crippen LogP contribution in [0.1, 0.15) is 42.9 Å². The van der Waals surface area contributed by atoms with E-state index >= 15 is 0 Å². The molecule has 1 aliphatic heterocycles. The molecule has 0 atom stereocenters. The lowest BCUT2D eigenvalue weighted by atomic mass is 10.1. The Labute approximate surface area is 176 Å². The Morgan fingerprint density at radius 3 is 2.64 bits per heavy atom. The Kier molecular flexibility index (Phi) is 7.13. The fraction of sp³-hybridized carbons (Fsp3) is 0.364. The molecule has 1 aliphatic rings. The highest BCUT2D eigenvalue weighted by atomic mass is 35.5. The second-order valence-electron chi connectivity index (χ2n) is 6.63. The van der Waals surface area contributed by atoms with Crippen molar-refractivity contribution in [2.45, 2.75) is 32.8 Å². The van der Waals surface area contributed by atoms with Gasteiger partial charge in [-0.1, -0.05) is 42.0 Å². The maximum absolute atomic E-state index is 9.26. The molecular formula is C22H23ClN2O2S. The highest BCUT2D eigenvalue weighted by Crippen LogP contribution is 2.38. The molecule has 0 radical (unpaired) electrons. The Morgan fingerprint density at radius 2 is 1.93 bits per heavy atom. The molecule has 28 heavy (non-hydrogen) atoms. The Morgan fingerprint density at radius 1 is 1.18 bits per heavy atom. The van der Waals surface area contributed by atoms with Gasteiger partial charge in [0.25, 0.3) is 0 Å². The third-order valence-electron chi connectivity index (χ3n) is 4.71. The molecule has 2 aromatic carbocycles. The summed E-state index contributed by atoms with van der Waals surface area (Å²) >= 11 is 12.2. The third kappa shape index (κ3) is 4.76. The molecule has 1 saturated heterocycles. The quantitative estimate of drug-likeness (QED) is 0.596. The molecule has 0 saturated carbocycles. The van der Waals surface area contributed by atoms with Crippen LogP contribution in [0.25, 0.3) is 0 Å². The molecular weight excluding hydrogens is 392 g/mol. The lowest BCUT2D eigenvalue weighted by molar-refractivity contribution is 0.269. The molecule has 1 heterocycles. The smallest absolute Gasteiger partial charge is 0.180 e.